The van der Waals surface area contributed by atoms with Gasteiger partial charge in [0.25, 0.3) is 0 Å². The van der Waals surface area contributed by atoms with E-state index in [1.807, 2.05) is 37.3 Å². The highest BCUT2D eigenvalue weighted by Crippen LogP contribution is 2.11. The molecule has 2 N–H and O–H groups in total. The Hall–Kier alpha value is -1.78. The van der Waals surface area contributed by atoms with E-state index in [4.69, 9.17) is 14.3 Å². The van der Waals surface area contributed by atoms with Crippen LogP contribution in [0.15, 0.2) is 40.8 Å². The molecule has 0 atom stereocenters. The molecule has 0 spiro atoms. The minimum atomic E-state index is -0.0591. The molecular formula is C15H19NO3. The SMILES string of the molecule is Cc1cccc(OCCNCc2ccc(CO)o2)c1. The third-order valence-electron chi connectivity index (χ3n) is 2.71. The maximum atomic E-state index is 8.87. The summed E-state index contributed by atoms with van der Waals surface area (Å²) in [7, 11) is 0. The van der Waals surface area contributed by atoms with Gasteiger partial charge in [0.05, 0.1) is 6.54 Å². The molecule has 0 unspecified atom stereocenters. The number of benzene rings is 1. The number of aryl methyl sites for hydroxylation is 1. The molecule has 2 rings (SSSR count). The first-order chi connectivity index (χ1) is 9.28. The Morgan fingerprint density at radius 1 is 1.21 bits per heavy atom. The summed E-state index contributed by atoms with van der Waals surface area (Å²) in [4.78, 5) is 0. The number of ether oxygens (including phenoxy) is 1. The van der Waals surface area contributed by atoms with Gasteiger partial charge in [-0.25, -0.2) is 0 Å². The molecule has 102 valence electrons. The largest absolute Gasteiger partial charge is 0.492 e. The van der Waals surface area contributed by atoms with Gasteiger partial charge in [-0.15, -0.1) is 0 Å². The van der Waals surface area contributed by atoms with E-state index in [0.717, 1.165) is 18.1 Å². The van der Waals surface area contributed by atoms with E-state index in [2.05, 4.69) is 5.32 Å². The van der Waals surface area contributed by atoms with Crippen LogP contribution in [0, 0.1) is 6.92 Å². The molecule has 0 amide bonds. The highest BCUT2D eigenvalue weighted by atomic mass is 16.5. The highest BCUT2D eigenvalue weighted by Gasteiger charge is 2.00. The second-order valence-corrected chi connectivity index (χ2v) is 4.37. The number of aliphatic hydroxyl groups is 1. The molecule has 1 aromatic carbocycles. The lowest BCUT2D eigenvalue weighted by atomic mass is 10.2. The van der Waals surface area contributed by atoms with Crippen molar-refractivity contribution in [2.75, 3.05) is 13.2 Å². The zero-order valence-electron chi connectivity index (χ0n) is 11.1. The van der Waals surface area contributed by atoms with E-state index in [9.17, 15) is 0 Å². The van der Waals surface area contributed by atoms with Crippen molar-refractivity contribution in [3.63, 3.8) is 0 Å². The Balaban J connectivity index is 1.64. The summed E-state index contributed by atoms with van der Waals surface area (Å²) in [6.45, 7) is 3.97. The van der Waals surface area contributed by atoms with Crippen LogP contribution in [0.5, 0.6) is 5.75 Å². The summed E-state index contributed by atoms with van der Waals surface area (Å²) in [5.74, 6) is 2.30. The number of aliphatic hydroxyl groups excluding tert-OH is 1. The van der Waals surface area contributed by atoms with Crippen LogP contribution < -0.4 is 10.1 Å². The summed E-state index contributed by atoms with van der Waals surface area (Å²) in [5.41, 5.74) is 1.19. The highest BCUT2D eigenvalue weighted by molar-refractivity contribution is 5.27. The summed E-state index contributed by atoms with van der Waals surface area (Å²) in [6, 6.07) is 11.6. The Morgan fingerprint density at radius 3 is 2.79 bits per heavy atom. The first-order valence-corrected chi connectivity index (χ1v) is 6.36. The fraction of sp³-hybridized carbons (Fsp3) is 0.333. The molecule has 0 saturated carbocycles. The minimum Gasteiger partial charge on any atom is -0.492 e. The fourth-order valence-corrected chi connectivity index (χ4v) is 1.76. The van der Waals surface area contributed by atoms with Gasteiger partial charge in [0.15, 0.2) is 0 Å². The standard InChI is InChI=1S/C15H19NO3/c1-12-3-2-4-13(9-12)18-8-7-16-10-14-5-6-15(11-17)19-14/h2-6,9,16-17H,7-8,10-11H2,1H3. The third kappa shape index (κ3) is 4.43. The van der Waals surface area contributed by atoms with E-state index in [-0.39, 0.29) is 6.61 Å². The summed E-state index contributed by atoms with van der Waals surface area (Å²) >= 11 is 0. The lowest BCUT2D eigenvalue weighted by molar-refractivity contribution is 0.242. The number of rotatable bonds is 7. The molecule has 2 aromatic rings. The van der Waals surface area contributed by atoms with Gasteiger partial charge in [-0.05, 0) is 36.8 Å². The number of furan rings is 1. The van der Waals surface area contributed by atoms with Crippen molar-refractivity contribution in [2.45, 2.75) is 20.1 Å². The second-order valence-electron chi connectivity index (χ2n) is 4.37. The smallest absolute Gasteiger partial charge is 0.129 e. The van der Waals surface area contributed by atoms with Crippen LogP contribution in [0.4, 0.5) is 0 Å². The van der Waals surface area contributed by atoms with Gasteiger partial charge in [-0.3, -0.25) is 0 Å². The van der Waals surface area contributed by atoms with Gasteiger partial charge in [-0.1, -0.05) is 12.1 Å². The molecule has 0 aliphatic heterocycles. The molecule has 0 aliphatic carbocycles. The van der Waals surface area contributed by atoms with Crippen LogP contribution in [0.25, 0.3) is 0 Å². The molecule has 19 heavy (non-hydrogen) atoms. The van der Waals surface area contributed by atoms with E-state index in [1.165, 1.54) is 5.56 Å². The van der Waals surface area contributed by atoms with Gasteiger partial charge >= 0.3 is 0 Å². The molecule has 0 fully saturated rings. The topological polar surface area (TPSA) is 54.6 Å². The molecule has 4 nitrogen and oxygen atoms in total. The van der Waals surface area contributed by atoms with Gasteiger partial charge in [0.2, 0.25) is 0 Å². The van der Waals surface area contributed by atoms with Crippen LogP contribution >= 0.6 is 0 Å². The van der Waals surface area contributed by atoms with Crippen LogP contribution in [0.3, 0.4) is 0 Å². The summed E-state index contributed by atoms with van der Waals surface area (Å²) < 4.78 is 11.0. The predicted molar refractivity (Wildman–Crippen MR) is 73.0 cm³/mol. The maximum Gasteiger partial charge on any atom is 0.129 e. The van der Waals surface area contributed by atoms with Crippen molar-refractivity contribution in [1.82, 2.24) is 5.32 Å². The zero-order chi connectivity index (χ0) is 13.5. The van der Waals surface area contributed by atoms with Gasteiger partial charge in [-0.2, -0.15) is 0 Å². The van der Waals surface area contributed by atoms with Gasteiger partial charge in [0.1, 0.15) is 30.5 Å². The third-order valence-corrected chi connectivity index (χ3v) is 2.71. The fourth-order valence-electron chi connectivity index (χ4n) is 1.76. The first-order valence-electron chi connectivity index (χ1n) is 6.36. The normalized spacial score (nSPS) is 10.6. The molecule has 1 heterocycles. The maximum absolute atomic E-state index is 8.87. The van der Waals surface area contributed by atoms with Crippen molar-refractivity contribution in [3.8, 4) is 5.75 Å². The average Bonchev–Trinajstić information content (AvgIpc) is 2.86. The van der Waals surface area contributed by atoms with Crippen LogP contribution in [-0.4, -0.2) is 18.3 Å². The second kappa shape index (κ2) is 6.97. The van der Waals surface area contributed by atoms with E-state index < -0.39 is 0 Å². The number of nitrogens with one attached hydrogen (secondary N) is 1. The van der Waals surface area contributed by atoms with E-state index >= 15 is 0 Å². The summed E-state index contributed by atoms with van der Waals surface area (Å²) in [6.07, 6.45) is 0. The van der Waals surface area contributed by atoms with Crippen molar-refractivity contribution >= 4 is 0 Å². The number of hydrogen-bond donors (Lipinski definition) is 2. The van der Waals surface area contributed by atoms with Crippen molar-refractivity contribution in [2.24, 2.45) is 0 Å². The van der Waals surface area contributed by atoms with Crippen LogP contribution in [0.1, 0.15) is 17.1 Å². The first kappa shape index (κ1) is 13.6. The zero-order valence-corrected chi connectivity index (χ0v) is 11.1. The molecule has 1 aromatic heterocycles. The van der Waals surface area contributed by atoms with Crippen molar-refractivity contribution in [1.29, 1.82) is 0 Å². The van der Waals surface area contributed by atoms with Gasteiger partial charge in [0, 0.05) is 6.54 Å². The monoisotopic (exact) mass is 261 g/mol. The molecule has 4 heteroatoms. The predicted octanol–water partition coefficient (Wildman–Crippen LogP) is 2.25. The lowest BCUT2D eigenvalue weighted by Gasteiger charge is -2.07. The molecule has 0 bridgehead atoms. The molecule has 0 saturated heterocycles. The van der Waals surface area contributed by atoms with Crippen LogP contribution in [-0.2, 0) is 13.2 Å². The molecule has 0 aliphatic rings. The molecule has 0 radical (unpaired) electrons. The minimum absolute atomic E-state index is 0.0591. The Morgan fingerprint density at radius 2 is 2.05 bits per heavy atom. The average molecular weight is 261 g/mol. The van der Waals surface area contributed by atoms with Crippen molar-refractivity contribution < 1.29 is 14.3 Å². The van der Waals surface area contributed by atoms with Crippen molar-refractivity contribution in [3.05, 3.63) is 53.5 Å². The number of hydrogen-bond acceptors (Lipinski definition) is 4. The Bertz CT molecular complexity index is 508. The molecular weight excluding hydrogens is 242 g/mol. The van der Waals surface area contributed by atoms with Gasteiger partial charge < -0.3 is 19.6 Å². The summed E-state index contributed by atoms with van der Waals surface area (Å²) in [5, 5.41) is 12.1. The Kier molecular flexibility index (Phi) is 5.01. The quantitative estimate of drug-likeness (QED) is 0.751. The lowest BCUT2D eigenvalue weighted by Crippen LogP contribution is -2.20. The van der Waals surface area contributed by atoms with E-state index in [1.54, 1.807) is 6.07 Å². The Labute approximate surface area is 113 Å². The van der Waals surface area contributed by atoms with E-state index in [0.29, 0.717) is 18.9 Å². The van der Waals surface area contributed by atoms with Crippen LogP contribution in [0.2, 0.25) is 0 Å².